The van der Waals surface area contributed by atoms with E-state index in [1.807, 2.05) is 88.4 Å². The molecule has 0 spiro atoms. The van der Waals surface area contributed by atoms with Gasteiger partial charge in [0.15, 0.2) is 23.3 Å². The third-order valence-electron chi connectivity index (χ3n) is 10.7. The molecule has 10 rings (SSSR count). The van der Waals surface area contributed by atoms with Crippen LogP contribution < -0.4 is 29.9 Å². The smallest absolute Gasteiger partial charge is 0.493 e. The highest BCUT2D eigenvalue weighted by Crippen LogP contribution is 2.51. The highest BCUT2D eigenvalue weighted by molar-refractivity contribution is 7.57. The number of fused-ring (bicyclic) bond motifs is 14. The van der Waals surface area contributed by atoms with E-state index in [1.165, 1.54) is 0 Å². The zero-order valence-electron chi connectivity index (χ0n) is 34.4. The van der Waals surface area contributed by atoms with Gasteiger partial charge in [0.2, 0.25) is 0 Å². The lowest BCUT2D eigenvalue weighted by Crippen LogP contribution is -2.48. The number of nitrogens with zero attached hydrogens (tertiary/aromatic N) is 8. The Kier molecular flexibility index (Phi) is 10.4. The van der Waals surface area contributed by atoms with Gasteiger partial charge in [-0.05, 0) is 52.0 Å². The second kappa shape index (κ2) is 15.8. The van der Waals surface area contributed by atoms with Crippen LogP contribution in [0.25, 0.3) is 21.5 Å². The molecule has 1 unspecified atom stereocenters. The molecule has 4 aliphatic heterocycles. The predicted octanol–water partition coefficient (Wildman–Crippen LogP) is 5.90. The number of rotatable bonds is 13. The largest absolute Gasteiger partial charge is 0.816 e. The van der Waals surface area contributed by atoms with Gasteiger partial charge in [-0.1, -0.05) is 48.5 Å². The van der Waals surface area contributed by atoms with E-state index < -0.39 is 42.4 Å². The fraction of sp³-hybridized carbons (Fsp3) is 0.238. The highest BCUT2D eigenvalue weighted by atomic mass is 31.2. The molecule has 63 heavy (non-hydrogen) atoms. The van der Waals surface area contributed by atoms with E-state index >= 15 is 0 Å². The molecule has 6 bridgehead atoms. The van der Waals surface area contributed by atoms with Gasteiger partial charge in [-0.15, -0.1) is 0 Å². The molecule has 320 valence electrons. The monoisotopic (exact) mass is 904 g/mol. The number of aromatic nitrogens is 2. The molecule has 2 aromatic heterocycles. The fourth-order valence-corrected chi connectivity index (χ4v) is 14.5. The first-order chi connectivity index (χ1) is 30.4. The van der Waals surface area contributed by atoms with Crippen molar-refractivity contribution in [3.63, 3.8) is 0 Å². The Bertz CT molecular complexity index is 3300. The maximum atomic E-state index is 14.6. The number of hydrogen-bond donors (Lipinski definition) is 3. The molecule has 4 aliphatic rings. The van der Waals surface area contributed by atoms with Crippen LogP contribution in [-0.2, 0) is 12.7 Å². The van der Waals surface area contributed by atoms with Crippen LogP contribution in [0, 0.1) is 0 Å². The first-order valence-electron chi connectivity index (χ1n) is 20.4. The summed E-state index contributed by atoms with van der Waals surface area (Å²) in [4.78, 5) is 63.0. The number of ether oxygens (including phenoxy) is 4. The van der Waals surface area contributed by atoms with Crippen LogP contribution in [0.3, 0.4) is 0 Å². The molecule has 0 saturated heterocycles. The topological polar surface area (TPSA) is 225 Å². The standard InChI is InChI=1S/C40H32N8O4.C2H8O6P2.Al/c1-5-49-25-17-9-13-21-29(25)37-41-33(21)46-38-31-23(15-11-19-27(31)51-7-3)35(43-38)48-40-32-24(16-12-20-28(32)52-8-4)36(44-40)47-39-30-22(34(42-39)45-37)14-10-18-26(30)50-6-2;3-9(4,5)1-2-10(6,7)8;/h9-20H,5-8H2,1-4H3;1-2H2,(H2,3,4,5)(H2,6,7,8);/q-2;;+3/p-1. The summed E-state index contributed by atoms with van der Waals surface area (Å²) in [6.45, 7) is 8.74. The van der Waals surface area contributed by atoms with Crippen LogP contribution in [0.2, 0.25) is 0 Å². The maximum absolute atomic E-state index is 14.6. The average Bonchev–Trinajstić information content (AvgIpc) is 3.97. The summed E-state index contributed by atoms with van der Waals surface area (Å²) in [7, 11) is -9.67. The van der Waals surface area contributed by atoms with Crippen molar-refractivity contribution in [2.24, 2.45) is 30.0 Å². The lowest BCUT2D eigenvalue weighted by atomic mass is 10.1. The van der Waals surface area contributed by atoms with E-state index in [9.17, 15) is 23.8 Å². The zero-order chi connectivity index (χ0) is 43.8. The van der Waals surface area contributed by atoms with Gasteiger partial charge >= 0.3 is 30.1 Å². The number of aliphatic imine (C=N–C) groups is 4. The van der Waals surface area contributed by atoms with E-state index in [-0.39, 0.29) is 59.2 Å². The molecule has 1 atom stereocenters. The fourth-order valence-electron chi connectivity index (χ4n) is 8.30. The molecule has 6 heterocycles. The molecule has 0 amide bonds. The third kappa shape index (κ3) is 6.96. The Hall–Kier alpha value is -5.73. The molecule has 4 aromatic carbocycles. The molecule has 3 N–H and O–H groups in total. The molecule has 6 aromatic rings. The van der Waals surface area contributed by atoms with Gasteiger partial charge in [0.25, 0.3) is 0 Å². The SMILES string of the molecule is CCOc1cccc2c1C1=NC2=Nc2c3c(OCC)cccc3c3[n]2[Al]([O]P(=O)(O)CCP(=O)(O)O)[n]2c(c4cccc(OCC)c4c2=NC2=NC(=N3)c3c(OCC)cccc32)=N1. The second-order valence-corrected chi connectivity index (χ2v) is 20.7. The van der Waals surface area contributed by atoms with Crippen LogP contribution in [0.4, 0.5) is 11.6 Å². The summed E-state index contributed by atoms with van der Waals surface area (Å²) >= 11 is -4.00. The van der Waals surface area contributed by atoms with Crippen molar-refractivity contribution in [2.45, 2.75) is 27.7 Å². The van der Waals surface area contributed by atoms with Gasteiger partial charge < -0.3 is 44.3 Å². The Morgan fingerprint density at radius 1 is 0.524 bits per heavy atom. The average molecular weight is 905 g/mol. The van der Waals surface area contributed by atoms with Crippen molar-refractivity contribution in [3.8, 4) is 23.0 Å². The van der Waals surface area contributed by atoms with Gasteiger partial charge in [0.05, 0.1) is 60.7 Å². The van der Waals surface area contributed by atoms with Gasteiger partial charge in [-0.2, -0.15) is 0 Å². The van der Waals surface area contributed by atoms with E-state index in [4.69, 9.17) is 52.5 Å². The van der Waals surface area contributed by atoms with Crippen LogP contribution in [0.15, 0.2) is 103 Å². The van der Waals surface area contributed by atoms with Crippen LogP contribution in [-0.4, -0.2) is 98.8 Å². The minimum atomic E-state index is -4.91. The molecule has 0 fully saturated rings. The summed E-state index contributed by atoms with van der Waals surface area (Å²) in [5, 5.41) is 2.05. The summed E-state index contributed by atoms with van der Waals surface area (Å²) in [5.74, 6) is 3.37. The van der Waals surface area contributed by atoms with Gasteiger partial charge in [-0.3, -0.25) is 9.13 Å². The molecule has 0 aliphatic carbocycles. The minimum absolute atomic E-state index is 0.218. The normalized spacial score (nSPS) is 15.6. The number of hydrogen-bond acceptors (Lipinski definition) is 13. The van der Waals surface area contributed by atoms with Crippen molar-refractivity contribution in [1.29, 1.82) is 0 Å². The molecule has 0 saturated carbocycles. The van der Waals surface area contributed by atoms with Gasteiger partial charge in [-0.25, -0.2) is 30.0 Å². The maximum Gasteiger partial charge on any atom is 0.816 e. The summed E-state index contributed by atoms with van der Waals surface area (Å²) in [5.41, 5.74) is 2.84. The first kappa shape index (κ1) is 41.3. The molecular formula is C42H39AlN8O10P2. The molecular weight excluding hydrogens is 865 g/mol. The van der Waals surface area contributed by atoms with E-state index in [1.54, 1.807) is 19.2 Å². The predicted molar refractivity (Wildman–Crippen MR) is 238 cm³/mol. The lowest BCUT2D eigenvalue weighted by molar-refractivity contribution is 0.339. The van der Waals surface area contributed by atoms with Crippen molar-refractivity contribution >= 4 is 86.6 Å². The van der Waals surface area contributed by atoms with Crippen LogP contribution >= 0.6 is 15.2 Å². The first-order valence-corrected chi connectivity index (χ1v) is 25.5. The van der Waals surface area contributed by atoms with Crippen LogP contribution in [0.5, 0.6) is 23.0 Å². The Morgan fingerprint density at radius 2 is 1.02 bits per heavy atom. The third-order valence-corrected chi connectivity index (χ3v) is 16.6. The Balaban J connectivity index is 1.47. The van der Waals surface area contributed by atoms with Gasteiger partial charge in [0.1, 0.15) is 45.6 Å². The zero-order valence-corrected chi connectivity index (χ0v) is 37.4. The Labute approximate surface area is 364 Å². The summed E-state index contributed by atoms with van der Waals surface area (Å²) in [6, 6.07) is 22.0. The quantitative estimate of drug-likeness (QED) is 0.0920. The van der Waals surface area contributed by atoms with Crippen molar-refractivity contribution in [1.82, 2.24) is 7.10 Å². The second-order valence-electron chi connectivity index (χ2n) is 14.6. The van der Waals surface area contributed by atoms with E-state index in [2.05, 4.69) is 0 Å². The summed E-state index contributed by atoms with van der Waals surface area (Å²) < 4.78 is 61.7. The van der Waals surface area contributed by atoms with Gasteiger partial charge in [0, 0.05) is 21.9 Å². The summed E-state index contributed by atoms with van der Waals surface area (Å²) in [6.07, 6.45) is -1.78. The van der Waals surface area contributed by atoms with E-state index in [0.29, 0.717) is 80.0 Å². The number of benzene rings is 4. The minimum Gasteiger partial charge on any atom is -0.493 e. The highest BCUT2D eigenvalue weighted by Gasteiger charge is 2.47. The lowest BCUT2D eigenvalue weighted by Gasteiger charge is -2.22. The Morgan fingerprint density at radius 3 is 1.63 bits per heavy atom. The number of amidine groups is 4. The van der Waals surface area contributed by atoms with E-state index in [0.717, 1.165) is 0 Å². The van der Waals surface area contributed by atoms with Crippen molar-refractivity contribution < 1.29 is 46.3 Å². The molecule has 0 radical (unpaired) electrons. The van der Waals surface area contributed by atoms with Crippen molar-refractivity contribution in [2.75, 3.05) is 38.8 Å². The van der Waals surface area contributed by atoms with Crippen molar-refractivity contribution in [3.05, 3.63) is 106 Å². The molecule has 21 heteroatoms. The molecule has 18 nitrogen and oxygen atoms in total. The van der Waals surface area contributed by atoms with Crippen LogP contribution in [0.1, 0.15) is 49.9 Å².